The topological polar surface area (TPSA) is 72.3 Å². The van der Waals surface area contributed by atoms with Gasteiger partial charge < -0.3 is 15.4 Å². The van der Waals surface area contributed by atoms with Gasteiger partial charge in [0.2, 0.25) is 5.88 Å². The number of anilines is 1. The highest BCUT2D eigenvalue weighted by Crippen LogP contribution is 2.38. The molecule has 1 aromatic heterocycles. The maximum absolute atomic E-state index is 10.0. The van der Waals surface area contributed by atoms with Crippen LogP contribution in [0.4, 0.5) is 5.88 Å². The monoisotopic (exact) mass is 296 g/mol. The van der Waals surface area contributed by atoms with Gasteiger partial charge in [0.05, 0.1) is 11.8 Å². The summed E-state index contributed by atoms with van der Waals surface area (Å²) in [5.41, 5.74) is 7.88. The molecular weight excluding hydrogens is 284 g/mol. The third kappa shape index (κ3) is 2.15. The zero-order chi connectivity index (χ0) is 12.6. The van der Waals surface area contributed by atoms with Crippen LogP contribution in [-0.4, -0.2) is 10.3 Å². The number of hydrogen-bond donors (Lipinski definition) is 2. The molecule has 0 unspecified atom stereocenters. The van der Waals surface area contributed by atoms with Crippen molar-refractivity contribution >= 4 is 21.8 Å². The van der Waals surface area contributed by atoms with E-state index in [1.807, 2.05) is 6.07 Å². The van der Waals surface area contributed by atoms with E-state index in [1.54, 1.807) is 6.07 Å². The second-order valence-corrected chi connectivity index (χ2v) is 5.00. The van der Waals surface area contributed by atoms with E-state index in [0.29, 0.717) is 17.0 Å². The Morgan fingerprint density at radius 2 is 2.06 bits per heavy atom. The quantitative estimate of drug-likeness (QED) is 0.889. The minimum Gasteiger partial charge on any atom is -0.507 e. The lowest BCUT2D eigenvalue weighted by Crippen LogP contribution is -1.92. The van der Waals surface area contributed by atoms with Gasteiger partial charge in [0, 0.05) is 10.0 Å². The van der Waals surface area contributed by atoms with Gasteiger partial charge in [0.25, 0.3) is 0 Å². The van der Waals surface area contributed by atoms with E-state index in [-0.39, 0.29) is 11.6 Å². The molecule has 4 nitrogen and oxygen atoms in total. The van der Waals surface area contributed by atoms with Gasteiger partial charge in [-0.1, -0.05) is 34.9 Å². The fraction of sp³-hybridized carbons (Fsp3) is 0.250. The second kappa shape index (κ2) is 4.41. The van der Waals surface area contributed by atoms with E-state index in [2.05, 4.69) is 34.9 Å². The number of aromatic nitrogens is 1. The molecule has 0 amide bonds. The lowest BCUT2D eigenvalue weighted by Gasteiger charge is -2.11. The standard InChI is InChI=1S/C12H13BrN2O2/c1-6(2)7-4-11(16)8(3-10(7)13)9-5-15-17-12(9)14/h3-6,16H,14H2,1-2H3. The van der Waals surface area contributed by atoms with Gasteiger partial charge in [-0.05, 0) is 23.6 Å². The van der Waals surface area contributed by atoms with Gasteiger partial charge in [0.15, 0.2) is 0 Å². The molecule has 3 N–H and O–H groups in total. The first-order chi connectivity index (χ1) is 8.00. The summed E-state index contributed by atoms with van der Waals surface area (Å²) in [6, 6.07) is 3.56. The van der Waals surface area contributed by atoms with E-state index in [4.69, 9.17) is 10.3 Å². The summed E-state index contributed by atoms with van der Waals surface area (Å²) in [6.07, 6.45) is 1.49. The molecule has 2 aromatic rings. The largest absolute Gasteiger partial charge is 0.507 e. The molecule has 2 rings (SSSR count). The number of aromatic hydroxyl groups is 1. The highest BCUT2D eigenvalue weighted by atomic mass is 79.9. The molecule has 0 atom stereocenters. The minimum atomic E-state index is 0.173. The van der Waals surface area contributed by atoms with E-state index in [0.717, 1.165) is 10.0 Å². The molecule has 0 bridgehead atoms. The summed E-state index contributed by atoms with van der Waals surface area (Å²) < 4.78 is 5.72. The van der Waals surface area contributed by atoms with Crippen molar-refractivity contribution in [2.75, 3.05) is 5.73 Å². The van der Waals surface area contributed by atoms with Crippen LogP contribution in [0, 0.1) is 0 Å². The molecule has 0 saturated carbocycles. The summed E-state index contributed by atoms with van der Waals surface area (Å²) in [7, 11) is 0. The Morgan fingerprint density at radius 1 is 1.35 bits per heavy atom. The summed E-state index contributed by atoms with van der Waals surface area (Å²) >= 11 is 3.49. The molecule has 0 aliphatic rings. The van der Waals surface area contributed by atoms with Gasteiger partial charge in [-0.25, -0.2) is 0 Å². The van der Waals surface area contributed by atoms with E-state index in [9.17, 15) is 5.11 Å². The molecule has 1 heterocycles. The highest BCUT2D eigenvalue weighted by molar-refractivity contribution is 9.10. The number of nitrogens with zero attached hydrogens (tertiary/aromatic N) is 1. The Morgan fingerprint density at radius 3 is 2.59 bits per heavy atom. The second-order valence-electron chi connectivity index (χ2n) is 4.15. The van der Waals surface area contributed by atoms with Crippen molar-refractivity contribution in [1.29, 1.82) is 0 Å². The van der Waals surface area contributed by atoms with Crippen molar-refractivity contribution in [2.24, 2.45) is 0 Å². The van der Waals surface area contributed by atoms with Crippen LogP contribution in [0.1, 0.15) is 25.3 Å². The summed E-state index contributed by atoms with van der Waals surface area (Å²) in [6.45, 7) is 4.12. The number of benzene rings is 1. The number of hydrogen-bond acceptors (Lipinski definition) is 4. The fourth-order valence-corrected chi connectivity index (χ4v) is 2.49. The minimum absolute atomic E-state index is 0.173. The van der Waals surface area contributed by atoms with Crippen LogP contribution >= 0.6 is 15.9 Å². The van der Waals surface area contributed by atoms with E-state index < -0.39 is 0 Å². The molecular formula is C12H13BrN2O2. The zero-order valence-electron chi connectivity index (χ0n) is 9.57. The number of nitrogens with two attached hydrogens (primary N) is 1. The summed E-state index contributed by atoms with van der Waals surface area (Å²) in [5, 5.41) is 13.6. The maximum atomic E-state index is 10.0. The van der Waals surface area contributed by atoms with Crippen molar-refractivity contribution in [3.8, 4) is 16.9 Å². The average molecular weight is 297 g/mol. The first kappa shape index (κ1) is 12.0. The van der Waals surface area contributed by atoms with Crippen LogP contribution in [0.3, 0.4) is 0 Å². The molecule has 0 aliphatic heterocycles. The number of phenols is 1. The van der Waals surface area contributed by atoms with Gasteiger partial charge in [-0.3, -0.25) is 0 Å². The van der Waals surface area contributed by atoms with Gasteiger partial charge in [0.1, 0.15) is 5.75 Å². The van der Waals surface area contributed by atoms with Crippen molar-refractivity contribution in [3.63, 3.8) is 0 Å². The van der Waals surface area contributed by atoms with Crippen LogP contribution in [0.15, 0.2) is 27.3 Å². The van der Waals surface area contributed by atoms with Gasteiger partial charge >= 0.3 is 0 Å². The van der Waals surface area contributed by atoms with Crippen molar-refractivity contribution in [3.05, 3.63) is 28.4 Å². The summed E-state index contributed by atoms with van der Waals surface area (Å²) in [5.74, 6) is 0.695. The van der Waals surface area contributed by atoms with Crippen LogP contribution in [0.5, 0.6) is 5.75 Å². The maximum Gasteiger partial charge on any atom is 0.230 e. The molecule has 0 spiro atoms. The molecule has 1 aromatic carbocycles. The lowest BCUT2D eigenvalue weighted by atomic mass is 9.99. The molecule has 17 heavy (non-hydrogen) atoms. The average Bonchev–Trinajstić information content (AvgIpc) is 2.67. The SMILES string of the molecule is CC(C)c1cc(O)c(-c2cnoc2N)cc1Br. The molecule has 0 aliphatic carbocycles. The smallest absolute Gasteiger partial charge is 0.230 e. The Bertz CT molecular complexity index is 549. The van der Waals surface area contributed by atoms with E-state index >= 15 is 0 Å². The number of nitrogen functional groups attached to an aromatic ring is 1. The van der Waals surface area contributed by atoms with E-state index in [1.165, 1.54) is 6.20 Å². The van der Waals surface area contributed by atoms with Gasteiger partial charge in [-0.15, -0.1) is 0 Å². The fourth-order valence-electron chi connectivity index (χ4n) is 1.69. The normalized spacial score (nSPS) is 11.1. The predicted molar refractivity (Wildman–Crippen MR) is 69.8 cm³/mol. The zero-order valence-corrected chi connectivity index (χ0v) is 11.2. The van der Waals surface area contributed by atoms with Crippen LogP contribution in [-0.2, 0) is 0 Å². The van der Waals surface area contributed by atoms with Crippen molar-refractivity contribution in [1.82, 2.24) is 5.16 Å². The first-order valence-corrected chi connectivity index (χ1v) is 6.03. The third-order valence-corrected chi connectivity index (χ3v) is 3.31. The molecule has 0 radical (unpaired) electrons. The predicted octanol–water partition coefficient (Wildman–Crippen LogP) is 3.52. The van der Waals surface area contributed by atoms with Crippen molar-refractivity contribution in [2.45, 2.75) is 19.8 Å². The Balaban J connectivity index is 2.58. The number of halogens is 1. The molecule has 0 saturated heterocycles. The Kier molecular flexibility index (Phi) is 3.11. The highest BCUT2D eigenvalue weighted by Gasteiger charge is 2.15. The Hall–Kier alpha value is -1.49. The van der Waals surface area contributed by atoms with Gasteiger partial charge in [-0.2, -0.15) is 0 Å². The van der Waals surface area contributed by atoms with Crippen LogP contribution in [0.2, 0.25) is 0 Å². The number of rotatable bonds is 2. The first-order valence-electron chi connectivity index (χ1n) is 5.23. The van der Waals surface area contributed by atoms with Crippen LogP contribution in [0.25, 0.3) is 11.1 Å². The number of phenolic OH excluding ortho intramolecular Hbond substituents is 1. The Labute approximate surface area is 108 Å². The van der Waals surface area contributed by atoms with Crippen molar-refractivity contribution < 1.29 is 9.63 Å². The molecule has 0 fully saturated rings. The van der Waals surface area contributed by atoms with Crippen LogP contribution < -0.4 is 5.73 Å². The molecule has 5 heteroatoms. The summed E-state index contributed by atoms with van der Waals surface area (Å²) in [4.78, 5) is 0. The molecule has 90 valence electrons. The third-order valence-electron chi connectivity index (χ3n) is 2.63. The lowest BCUT2D eigenvalue weighted by molar-refractivity contribution is 0.436.